The van der Waals surface area contributed by atoms with Gasteiger partial charge in [-0.1, -0.05) is 101 Å². The molecule has 0 spiro atoms. The van der Waals surface area contributed by atoms with E-state index in [-0.39, 0.29) is 37.1 Å². The summed E-state index contributed by atoms with van der Waals surface area (Å²) in [6.45, 7) is 11.1. The standard InChI is InChI=1S/C27H15N2S.C11H20O2.Ir/c1-2-9-19(10-3-1)29-21-11-6-12-23-25(21)26-24(30-23)13-14-28-27(26)20-15-17-7-4-5-8-18(17)16-22(20)29;1-10(2,3)8(12)7-9(13)11(4,5)6;/h1-14,16H;7,12H,1-6H3;/q-1;;/b;8-7-;. The van der Waals surface area contributed by atoms with Crippen molar-refractivity contribution in [1.29, 1.82) is 0 Å². The van der Waals surface area contributed by atoms with Gasteiger partial charge in [0.1, 0.15) is 5.76 Å². The minimum atomic E-state index is -0.417. The monoisotopic (exact) mass is 776 g/mol. The molecule has 225 valence electrons. The molecule has 0 aliphatic carbocycles. The number of allylic oxidation sites excluding steroid dienone is 2. The molecule has 0 saturated carbocycles. The van der Waals surface area contributed by atoms with Crippen LogP contribution in [0.5, 0.6) is 0 Å². The molecule has 4 aromatic carbocycles. The second-order valence-electron chi connectivity index (χ2n) is 13.0. The molecule has 44 heavy (non-hydrogen) atoms. The summed E-state index contributed by atoms with van der Waals surface area (Å²) in [5.41, 5.74) is 3.71. The van der Waals surface area contributed by atoms with Gasteiger partial charge in [-0.05, 0) is 41.2 Å². The van der Waals surface area contributed by atoms with Crippen LogP contribution in [0.15, 0.2) is 103 Å². The Kier molecular flexibility index (Phi) is 8.56. The summed E-state index contributed by atoms with van der Waals surface area (Å²) in [6, 6.07) is 33.8. The Morgan fingerprint density at radius 3 is 2.20 bits per heavy atom. The Morgan fingerprint density at radius 2 is 1.50 bits per heavy atom. The van der Waals surface area contributed by atoms with Crippen LogP contribution in [0.3, 0.4) is 0 Å². The van der Waals surface area contributed by atoms with E-state index >= 15 is 0 Å². The molecule has 0 bridgehead atoms. The molecule has 3 heterocycles. The molecule has 6 heteroatoms. The number of thiophene rings is 1. The van der Waals surface area contributed by atoms with E-state index in [1.807, 2.05) is 59.1 Å². The second-order valence-corrected chi connectivity index (χ2v) is 14.1. The summed E-state index contributed by atoms with van der Waals surface area (Å²) < 4.78 is 4.92. The molecule has 1 radical (unpaired) electrons. The van der Waals surface area contributed by atoms with E-state index in [1.54, 1.807) is 0 Å². The van der Waals surface area contributed by atoms with Crippen molar-refractivity contribution in [2.45, 2.75) is 41.5 Å². The number of carbonyl (C=O) groups is 1. The number of benzene rings is 4. The summed E-state index contributed by atoms with van der Waals surface area (Å²) >= 11 is 1.83. The zero-order valence-electron chi connectivity index (χ0n) is 25.7. The van der Waals surface area contributed by atoms with Crippen LogP contribution in [-0.4, -0.2) is 20.4 Å². The fourth-order valence-electron chi connectivity index (χ4n) is 5.17. The first-order valence-corrected chi connectivity index (χ1v) is 15.3. The summed E-state index contributed by atoms with van der Waals surface area (Å²) in [7, 11) is 0. The molecule has 0 aliphatic rings. The number of nitrogens with zero attached hydrogens (tertiary/aromatic N) is 2. The maximum absolute atomic E-state index is 11.5. The number of hydrogen-bond acceptors (Lipinski definition) is 4. The van der Waals surface area contributed by atoms with Gasteiger partial charge in [-0.15, -0.1) is 28.9 Å². The molecule has 0 atom stereocenters. The van der Waals surface area contributed by atoms with Gasteiger partial charge in [0.2, 0.25) is 0 Å². The Balaban J connectivity index is 0.000000237. The van der Waals surface area contributed by atoms with Gasteiger partial charge in [-0.2, -0.15) is 0 Å². The van der Waals surface area contributed by atoms with Crippen molar-refractivity contribution < 1.29 is 30.0 Å². The Bertz CT molecular complexity index is 2180. The van der Waals surface area contributed by atoms with Crippen LogP contribution < -0.4 is 0 Å². The minimum Gasteiger partial charge on any atom is -0.512 e. The molecular formula is C38H35IrN2O2S-. The number of fused-ring (bicyclic) bond motifs is 3. The van der Waals surface area contributed by atoms with Crippen molar-refractivity contribution in [3.05, 3.63) is 109 Å². The van der Waals surface area contributed by atoms with Gasteiger partial charge in [0.15, 0.2) is 5.78 Å². The largest absolute Gasteiger partial charge is 0.512 e. The molecule has 7 rings (SSSR count). The average molecular weight is 776 g/mol. The van der Waals surface area contributed by atoms with Crippen molar-refractivity contribution in [3.8, 4) is 5.69 Å². The van der Waals surface area contributed by atoms with E-state index in [0.717, 1.165) is 27.5 Å². The van der Waals surface area contributed by atoms with Gasteiger partial charge < -0.3 is 9.67 Å². The Labute approximate surface area is 275 Å². The van der Waals surface area contributed by atoms with E-state index in [1.165, 1.54) is 37.2 Å². The summed E-state index contributed by atoms with van der Waals surface area (Å²) in [4.78, 5) is 16.4. The number of para-hydroxylation sites is 1. The van der Waals surface area contributed by atoms with Gasteiger partial charge in [-0.3, -0.25) is 9.78 Å². The first-order valence-electron chi connectivity index (χ1n) is 14.5. The number of aliphatic hydroxyl groups is 1. The molecular weight excluding hydrogens is 741 g/mol. The molecule has 3 aromatic heterocycles. The van der Waals surface area contributed by atoms with Gasteiger partial charge in [-0.25, -0.2) is 0 Å². The number of aromatic nitrogens is 2. The molecule has 7 aromatic rings. The molecule has 0 amide bonds. The van der Waals surface area contributed by atoms with Crippen molar-refractivity contribution in [3.63, 3.8) is 0 Å². The second kappa shape index (κ2) is 11.9. The maximum Gasteiger partial charge on any atom is 0.164 e. The molecule has 1 N–H and O–H groups in total. The molecule has 0 saturated heterocycles. The van der Waals surface area contributed by atoms with Gasteiger partial charge >= 0.3 is 0 Å². The smallest absolute Gasteiger partial charge is 0.164 e. The average Bonchev–Trinajstić information content (AvgIpc) is 3.31. The van der Waals surface area contributed by atoms with Crippen molar-refractivity contribution in [2.24, 2.45) is 10.8 Å². The van der Waals surface area contributed by atoms with E-state index in [4.69, 9.17) is 4.98 Å². The Hall–Kier alpha value is -3.83. The Morgan fingerprint density at radius 1 is 0.818 bits per heavy atom. The van der Waals surface area contributed by atoms with Gasteiger partial charge in [0, 0.05) is 74.7 Å². The zero-order chi connectivity index (χ0) is 30.5. The summed E-state index contributed by atoms with van der Waals surface area (Å²) in [5.74, 6) is 0.104. The van der Waals surface area contributed by atoms with Gasteiger partial charge in [0.25, 0.3) is 0 Å². The first-order chi connectivity index (χ1) is 20.4. The van der Waals surface area contributed by atoms with E-state index in [2.05, 4.69) is 95.6 Å². The fourth-order valence-corrected chi connectivity index (χ4v) is 6.30. The quantitative estimate of drug-likeness (QED) is 0.108. The predicted molar refractivity (Wildman–Crippen MR) is 182 cm³/mol. The van der Waals surface area contributed by atoms with Crippen molar-refractivity contribution in [1.82, 2.24) is 9.55 Å². The van der Waals surface area contributed by atoms with E-state index in [9.17, 15) is 9.90 Å². The molecule has 4 nitrogen and oxygen atoms in total. The van der Waals surface area contributed by atoms with Crippen LogP contribution in [0.2, 0.25) is 0 Å². The minimum absolute atomic E-state index is 0. The van der Waals surface area contributed by atoms with Crippen LogP contribution >= 0.6 is 11.3 Å². The van der Waals surface area contributed by atoms with Crippen molar-refractivity contribution >= 4 is 70.0 Å². The van der Waals surface area contributed by atoms with E-state index < -0.39 is 5.41 Å². The van der Waals surface area contributed by atoms with Gasteiger partial charge in [0.05, 0.1) is 0 Å². The number of aliphatic hydroxyl groups excluding tert-OH is 1. The number of ketones is 1. The SMILES string of the molecule is CC(C)(C)C(=O)/C=C(\O)C(C)(C)C.[Ir].[c-]1c2ccccc2cc2c1c1nccc3sc4cccc(c4c31)n2-c1ccccc1. The van der Waals surface area contributed by atoms with Crippen molar-refractivity contribution in [2.75, 3.05) is 0 Å². The van der Waals surface area contributed by atoms with Crippen LogP contribution in [0, 0.1) is 16.9 Å². The third-order valence-corrected chi connectivity index (χ3v) is 8.78. The number of rotatable bonds is 2. The number of hydrogen-bond donors (Lipinski definition) is 1. The fraction of sp³-hybridized carbons (Fsp3) is 0.211. The normalized spacial score (nSPS) is 12.5. The topological polar surface area (TPSA) is 55.1 Å². The number of carbonyl (C=O) groups excluding carboxylic acids is 1. The molecule has 0 aliphatic heterocycles. The predicted octanol–water partition coefficient (Wildman–Crippen LogP) is 10.6. The zero-order valence-corrected chi connectivity index (χ0v) is 28.9. The van der Waals surface area contributed by atoms with Crippen LogP contribution in [0.1, 0.15) is 41.5 Å². The molecule has 0 fully saturated rings. The van der Waals surface area contributed by atoms with Crippen LogP contribution in [0.25, 0.3) is 58.6 Å². The summed E-state index contributed by atoms with van der Waals surface area (Å²) in [6.07, 6.45) is 3.26. The van der Waals surface area contributed by atoms with Crippen LogP contribution in [0.4, 0.5) is 0 Å². The third-order valence-electron chi connectivity index (χ3n) is 7.66. The van der Waals surface area contributed by atoms with Crippen LogP contribution in [-0.2, 0) is 24.9 Å². The third kappa shape index (κ3) is 5.82. The maximum atomic E-state index is 11.5. The van der Waals surface area contributed by atoms with E-state index in [0.29, 0.717) is 0 Å². The number of pyridine rings is 1. The summed E-state index contributed by atoms with van der Waals surface area (Å²) in [5, 5.41) is 15.4. The molecule has 0 unspecified atom stereocenters. The first kappa shape index (κ1) is 31.6.